The van der Waals surface area contributed by atoms with Crippen LogP contribution in [0.25, 0.3) is 0 Å². The largest absolute Gasteiger partial charge is 0.229 e. The van der Waals surface area contributed by atoms with E-state index >= 15 is 0 Å². The lowest BCUT2D eigenvalue weighted by Gasteiger charge is -1.88. The Morgan fingerprint density at radius 3 is 2.12 bits per heavy atom. The van der Waals surface area contributed by atoms with Crippen molar-refractivity contribution in [3.05, 3.63) is 5.75 Å². The fourth-order valence-corrected chi connectivity index (χ4v) is 1.55. The van der Waals surface area contributed by atoms with E-state index in [-0.39, 0.29) is 0 Å². The quantitative estimate of drug-likeness (QED) is 0.553. The topological polar surface area (TPSA) is 34.1 Å². The Kier molecular flexibility index (Phi) is 1.31. The second kappa shape index (κ2) is 1.72. The van der Waals surface area contributed by atoms with Crippen molar-refractivity contribution >= 4 is 9.84 Å². The Labute approximate surface area is 49.8 Å². The molecule has 0 heterocycles. The van der Waals surface area contributed by atoms with Crippen molar-refractivity contribution in [3.8, 4) is 0 Å². The molecule has 47 valence electrons. The molecule has 2 nitrogen and oxygen atoms in total. The third-order valence-electron chi connectivity index (χ3n) is 1.06. The van der Waals surface area contributed by atoms with E-state index in [4.69, 9.17) is 0 Å². The van der Waals surface area contributed by atoms with Crippen molar-refractivity contribution in [2.24, 2.45) is 5.92 Å². The molecule has 0 atom stereocenters. The summed E-state index contributed by atoms with van der Waals surface area (Å²) in [6.07, 6.45) is 3.37. The number of hydrogen-bond donors (Lipinski definition) is 0. The molecule has 0 aromatic rings. The molecule has 0 spiro atoms. The summed E-state index contributed by atoms with van der Waals surface area (Å²) in [4.78, 5) is 0. The summed E-state index contributed by atoms with van der Waals surface area (Å²) < 4.78 is 20.9. The van der Waals surface area contributed by atoms with Gasteiger partial charge in [-0.25, -0.2) is 8.42 Å². The van der Waals surface area contributed by atoms with Crippen molar-refractivity contribution in [1.82, 2.24) is 0 Å². The van der Waals surface area contributed by atoms with Gasteiger partial charge in [-0.3, -0.25) is 0 Å². The molecule has 0 N–H and O–H groups in total. The maximum Gasteiger partial charge on any atom is 0.151 e. The molecule has 1 radical (unpaired) electrons. The van der Waals surface area contributed by atoms with Crippen LogP contribution in [0.5, 0.6) is 0 Å². The van der Waals surface area contributed by atoms with Gasteiger partial charge in [-0.1, -0.05) is 0 Å². The summed E-state index contributed by atoms with van der Waals surface area (Å²) in [5.41, 5.74) is 0. The molecule has 1 rings (SSSR count). The van der Waals surface area contributed by atoms with Crippen molar-refractivity contribution < 1.29 is 8.42 Å². The predicted octanol–water partition coefficient (Wildman–Crippen LogP) is 0.603. The highest BCUT2D eigenvalue weighted by Crippen LogP contribution is 2.33. The molecular weight excluding hydrogens is 124 g/mol. The summed E-state index contributed by atoms with van der Waals surface area (Å²) in [7, 11) is -2.79. The number of rotatable bonds is 2. The van der Waals surface area contributed by atoms with Gasteiger partial charge in [-0.05, 0) is 18.8 Å². The third-order valence-corrected chi connectivity index (χ3v) is 1.94. The molecule has 0 saturated heterocycles. The maximum absolute atomic E-state index is 10.4. The summed E-state index contributed by atoms with van der Waals surface area (Å²) in [5, 5.41) is 0. The van der Waals surface area contributed by atoms with E-state index in [0.717, 1.165) is 12.8 Å². The first-order chi connectivity index (χ1) is 3.58. The third kappa shape index (κ3) is 2.31. The SMILES string of the molecule is CS(=O)(=O)[CH]C1CC1. The van der Waals surface area contributed by atoms with Gasteiger partial charge in [-0.15, -0.1) is 0 Å². The highest BCUT2D eigenvalue weighted by atomic mass is 32.2. The van der Waals surface area contributed by atoms with Gasteiger partial charge in [0.05, 0.1) is 5.75 Å². The fraction of sp³-hybridized carbons (Fsp3) is 0.800. The summed E-state index contributed by atoms with van der Waals surface area (Å²) in [6, 6.07) is 0. The molecular formula is C5H9O2S. The highest BCUT2D eigenvalue weighted by molar-refractivity contribution is 7.92. The van der Waals surface area contributed by atoms with Gasteiger partial charge in [0.15, 0.2) is 9.84 Å². The highest BCUT2D eigenvalue weighted by Gasteiger charge is 2.25. The summed E-state index contributed by atoms with van der Waals surface area (Å²) in [5.74, 6) is 1.82. The second-order valence-electron chi connectivity index (χ2n) is 2.30. The average molecular weight is 133 g/mol. The zero-order chi connectivity index (χ0) is 6.20. The lowest BCUT2D eigenvalue weighted by Crippen LogP contribution is -1.96. The van der Waals surface area contributed by atoms with Gasteiger partial charge >= 0.3 is 0 Å². The van der Waals surface area contributed by atoms with Crippen LogP contribution in [-0.4, -0.2) is 14.7 Å². The Morgan fingerprint density at radius 1 is 1.50 bits per heavy atom. The minimum Gasteiger partial charge on any atom is -0.229 e. The van der Waals surface area contributed by atoms with E-state index < -0.39 is 9.84 Å². The Hall–Kier alpha value is -0.0500. The molecule has 8 heavy (non-hydrogen) atoms. The molecule has 1 saturated carbocycles. The van der Waals surface area contributed by atoms with Gasteiger partial charge in [0, 0.05) is 6.26 Å². The van der Waals surface area contributed by atoms with Crippen LogP contribution in [0, 0.1) is 11.7 Å². The minimum absolute atomic E-state index is 0.380. The van der Waals surface area contributed by atoms with Gasteiger partial charge in [-0.2, -0.15) is 0 Å². The smallest absolute Gasteiger partial charge is 0.151 e. The van der Waals surface area contributed by atoms with Crippen molar-refractivity contribution in [1.29, 1.82) is 0 Å². The first-order valence-corrected chi connectivity index (χ1v) is 4.58. The minimum atomic E-state index is -2.79. The van der Waals surface area contributed by atoms with Crippen LogP contribution in [0.15, 0.2) is 0 Å². The van der Waals surface area contributed by atoms with E-state index in [9.17, 15) is 8.42 Å². The van der Waals surface area contributed by atoms with Gasteiger partial charge in [0.2, 0.25) is 0 Å². The molecule has 0 aliphatic heterocycles. The van der Waals surface area contributed by atoms with Gasteiger partial charge in [0.1, 0.15) is 0 Å². The van der Waals surface area contributed by atoms with Crippen molar-refractivity contribution in [2.75, 3.05) is 6.26 Å². The van der Waals surface area contributed by atoms with Gasteiger partial charge < -0.3 is 0 Å². The van der Waals surface area contributed by atoms with Crippen LogP contribution in [-0.2, 0) is 9.84 Å². The molecule has 1 fully saturated rings. The fourth-order valence-electron chi connectivity index (χ4n) is 0.582. The van der Waals surface area contributed by atoms with Crippen LogP contribution in [0.2, 0.25) is 0 Å². The summed E-state index contributed by atoms with van der Waals surface area (Å²) in [6.45, 7) is 0. The monoisotopic (exact) mass is 133 g/mol. The van der Waals surface area contributed by atoms with Crippen LogP contribution < -0.4 is 0 Å². The zero-order valence-corrected chi connectivity index (χ0v) is 5.61. The van der Waals surface area contributed by atoms with Crippen molar-refractivity contribution in [2.45, 2.75) is 12.8 Å². The molecule has 0 aromatic heterocycles. The molecule has 0 amide bonds. The summed E-state index contributed by atoms with van der Waals surface area (Å²) >= 11 is 0. The normalized spacial score (nSPS) is 21.1. The maximum atomic E-state index is 10.4. The van der Waals surface area contributed by atoms with E-state index in [2.05, 4.69) is 0 Å². The van der Waals surface area contributed by atoms with E-state index in [1.54, 1.807) is 0 Å². The van der Waals surface area contributed by atoms with E-state index in [0.29, 0.717) is 5.92 Å². The van der Waals surface area contributed by atoms with E-state index in [1.807, 2.05) is 0 Å². The van der Waals surface area contributed by atoms with Crippen LogP contribution in [0.4, 0.5) is 0 Å². The van der Waals surface area contributed by atoms with Gasteiger partial charge in [0.25, 0.3) is 0 Å². The van der Waals surface area contributed by atoms with Crippen LogP contribution in [0.1, 0.15) is 12.8 Å². The Morgan fingerprint density at radius 2 is 2.00 bits per heavy atom. The van der Waals surface area contributed by atoms with Crippen molar-refractivity contribution in [3.63, 3.8) is 0 Å². The lowest BCUT2D eigenvalue weighted by molar-refractivity contribution is 0.604. The first-order valence-electron chi connectivity index (χ1n) is 2.63. The van der Waals surface area contributed by atoms with Crippen LogP contribution in [0.3, 0.4) is 0 Å². The Bertz CT molecular complexity index is 165. The number of sulfone groups is 1. The molecule has 1 aliphatic carbocycles. The first kappa shape index (κ1) is 6.08. The number of hydrogen-bond acceptors (Lipinski definition) is 2. The second-order valence-corrected chi connectivity index (χ2v) is 4.23. The molecule has 0 unspecified atom stereocenters. The Balaban J connectivity index is 2.38. The molecule has 0 aromatic carbocycles. The molecule has 0 bridgehead atoms. The zero-order valence-electron chi connectivity index (χ0n) is 4.79. The average Bonchev–Trinajstić information content (AvgIpc) is 2.12. The lowest BCUT2D eigenvalue weighted by atomic mass is 10.5. The molecule has 3 heteroatoms. The molecule has 1 aliphatic rings. The van der Waals surface area contributed by atoms with Crippen LogP contribution >= 0.6 is 0 Å². The van der Waals surface area contributed by atoms with E-state index in [1.165, 1.54) is 12.0 Å². The standard InChI is InChI=1S/C5H9O2S/c1-8(6,7)4-5-2-3-5/h4-5H,2-3H2,1H3. The predicted molar refractivity (Wildman–Crippen MR) is 31.9 cm³/mol.